The lowest BCUT2D eigenvalue weighted by atomic mass is 10.1. The summed E-state index contributed by atoms with van der Waals surface area (Å²) in [6.07, 6.45) is 2.82. The van der Waals surface area contributed by atoms with Crippen molar-refractivity contribution in [1.82, 2.24) is 15.2 Å². The van der Waals surface area contributed by atoms with Gasteiger partial charge in [-0.15, -0.1) is 0 Å². The molecular weight excluding hydrogens is 322 g/mol. The molecule has 7 nitrogen and oxygen atoms in total. The molecule has 0 saturated carbocycles. The molecule has 132 valence electrons. The predicted molar refractivity (Wildman–Crippen MR) is 90.1 cm³/mol. The molecule has 1 atom stereocenters. The molecule has 1 aromatic carbocycles. The fourth-order valence-corrected chi connectivity index (χ4v) is 2.96. The van der Waals surface area contributed by atoms with Gasteiger partial charge >= 0.3 is 0 Å². The van der Waals surface area contributed by atoms with Crippen molar-refractivity contribution < 1.29 is 18.7 Å². The number of rotatable bonds is 5. The topological polar surface area (TPSA) is 84.7 Å². The lowest BCUT2D eigenvalue weighted by molar-refractivity contribution is -0.125. The summed E-state index contributed by atoms with van der Waals surface area (Å²) in [4.78, 5) is 30.9. The van der Waals surface area contributed by atoms with Crippen LogP contribution in [0, 0.1) is 6.92 Å². The predicted octanol–water partition coefficient (Wildman–Crippen LogP) is 1.91. The molecular formula is C18H21N3O4. The van der Waals surface area contributed by atoms with E-state index in [-0.39, 0.29) is 18.4 Å². The summed E-state index contributed by atoms with van der Waals surface area (Å²) in [5.41, 5.74) is 1.30. The zero-order chi connectivity index (χ0) is 17.8. The maximum Gasteiger partial charge on any atom is 0.254 e. The first-order valence-corrected chi connectivity index (χ1v) is 8.22. The molecule has 0 spiro atoms. The number of aryl methyl sites for hydroxylation is 1. The van der Waals surface area contributed by atoms with E-state index in [0.717, 1.165) is 12.1 Å². The molecule has 1 aliphatic rings. The van der Waals surface area contributed by atoms with Gasteiger partial charge in [-0.1, -0.05) is 0 Å². The number of benzene rings is 1. The number of likely N-dealkylation sites (tertiary alicyclic amines) is 1. The third-order valence-electron chi connectivity index (χ3n) is 4.42. The van der Waals surface area contributed by atoms with Crippen molar-refractivity contribution in [3.63, 3.8) is 0 Å². The highest BCUT2D eigenvalue weighted by Gasteiger charge is 2.34. The van der Waals surface area contributed by atoms with E-state index < -0.39 is 6.04 Å². The molecule has 0 bridgehead atoms. The number of ether oxygens (including phenoxy) is 1. The van der Waals surface area contributed by atoms with Crippen LogP contribution in [0.25, 0.3) is 0 Å². The number of hydrogen-bond acceptors (Lipinski definition) is 5. The molecule has 2 amide bonds. The number of aromatic nitrogens is 1. The Kier molecular flexibility index (Phi) is 5.02. The Morgan fingerprint density at radius 3 is 2.76 bits per heavy atom. The van der Waals surface area contributed by atoms with Crippen LogP contribution in [-0.4, -0.2) is 41.4 Å². The van der Waals surface area contributed by atoms with E-state index in [1.54, 1.807) is 36.3 Å². The number of amides is 2. The first kappa shape index (κ1) is 17.0. The minimum Gasteiger partial charge on any atom is -0.497 e. The lowest BCUT2D eigenvalue weighted by Gasteiger charge is -2.24. The Bertz CT molecular complexity index is 754. The molecule has 2 aromatic rings. The molecule has 2 heterocycles. The molecule has 25 heavy (non-hydrogen) atoms. The van der Waals surface area contributed by atoms with E-state index in [9.17, 15) is 9.59 Å². The minimum atomic E-state index is -0.460. The van der Waals surface area contributed by atoms with Gasteiger partial charge in [0.05, 0.1) is 19.3 Å². The van der Waals surface area contributed by atoms with Crippen LogP contribution in [0.15, 0.2) is 35.1 Å². The van der Waals surface area contributed by atoms with Crippen LogP contribution in [0.3, 0.4) is 0 Å². The number of oxazole rings is 1. The van der Waals surface area contributed by atoms with Crippen LogP contribution in [0.1, 0.15) is 34.7 Å². The number of nitrogens with one attached hydrogen (secondary N) is 1. The molecule has 1 N–H and O–H groups in total. The lowest BCUT2D eigenvalue weighted by Crippen LogP contribution is -2.45. The van der Waals surface area contributed by atoms with Crippen LogP contribution in [0.5, 0.6) is 5.75 Å². The van der Waals surface area contributed by atoms with E-state index >= 15 is 0 Å². The van der Waals surface area contributed by atoms with E-state index in [0.29, 0.717) is 30.0 Å². The minimum absolute atomic E-state index is 0.142. The first-order valence-electron chi connectivity index (χ1n) is 8.22. The Labute approximate surface area is 146 Å². The van der Waals surface area contributed by atoms with Crippen molar-refractivity contribution >= 4 is 11.8 Å². The third-order valence-corrected chi connectivity index (χ3v) is 4.42. The SMILES string of the molecule is COc1ccc(C(=O)N2CCCC2C(=O)NCc2ocnc2C)cc1. The van der Waals surface area contributed by atoms with Gasteiger partial charge in [0.25, 0.3) is 5.91 Å². The Balaban J connectivity index is 1.65. The molecule has 1 saturated heterocycles. The number of methoxy groups -OCH3 is 1. The second kappa shape index (κ2) is 7.38. The van der Waals surface area contributed by atoms with Crippen LogP contribution in [-0.2, 0) is 11.3 Å². The van der Waals surface area contributed by atoms with E-state index in [1.165, 1.54) is 6.39 Å². The normalized spacial score (nSPS) is 16.7. The molecule has 1 aliphatic heterocycles. The highest BCUT2D eigenvalue weighted by molar-refractivity contribution is 5.98. The number of hydrogen-bond donors (Lipinski definition) is 1. The van der Waals surface area contributed by atoms with Crippen LogP contribution >= 0.6 is 0 Å². The van der Waals surface area contributed by atoms with Crippen LogP contribution in [0.2, 0.25) is 0 Å². The Morgan fingerprint density at radius 1 is 1.36 bits per heavy atom. The largest absolute Gasteiger partial charge is 0.497 e. The van der Waals surface area contributed by atoms with Gasteiger partial charge in [-0.3, -0.25) is 9.59 Å². The summed E-state index contributed by atoms with van der Waals surface area (Å²) < 4.78 is 10.3. The van der Waals surface area contributed by atoms with Crippen molar-refractivity contribution in [2.24, 2.45) is 0 Å². The summed E-state index contributed by atoms with van der Waals surface area (Å²) in [6.45, 7) is 2.66. The highest BCUT2D eigenvalue weighted by atomic mass is 16.5. The van der Waals surface area contributed by atoms with Gasteiger partial charge in [0.1, 0.15) is 17.6 Å². The molecule has 7 heteroatoms. The summed E-state index contributed by atoms with van der Waals surface area (Å²) in [7, 11) is 1.58. The quantitative estimate of drug-likeness (QED) is 0.896. The maximum atomic E-state index is 12.7. The number of carbonyl (C=O) groups is 2. The molecule has 1 unspecified atom stereocenters. The third kappa shape index (κ3) is 3.65. The Morgan fingerprint density at radius 2 is 2.12 bits per heavy atom. The fourth-order valence-electron chi connectivity index (χ4n) is 2.96. The van der Waals surface area contributed by atoms with Crippen molar-refractivity contribution in [2.45, 2.75) is 32.4 Å². The second-order valence-electron chi connectivity index (χ2n) is 5.96. The first-order chi connectivity index (χ1) is 12.1. The van der Waals surface area contributed by atoms with Gasteiger partial charge in [-0.05, 0) is 44.0 Å². The average Bonchev–Trinajstić information content (AvgIpc) is 3.28. The van der Waals surface area contributed by atoms with Crippen molar-refractivity contribution in [1.29, 1.82) is 0 Å². The molecule has 3 rings (SSSR count). The maximum absolute atomic E-state index is 12.7. The zero-order valence-electron chi connectivity index (χ0n) is 14.3. The van der Waals surface area contributed by atoms with E-state index in [4.69, 9.17) is 9.15 Å². The van der Waals surface area contributed by atoms with Gasteiger partial charge in [-0.25, -0.2) is 4.98 Å². The van der Waals surface area contributed by atoms with Crippen LogP contribution in [0.4, 0.5) is 0 Å². The van der Waals surface area contributed by atoms with Crippen molar-refractivity contribution in [3.8, 4) is 5.75 Å². The Hall–Kier alpha value is -2.83. The van der Waals surface area contributed by atoms with Gasteiger partial charge in [-0.2, -0.15) is 0 Å². The second-order valence-corrected chi connectivity index (χ2v) is 5.96. The van der Waals surface area contributed by atoms with Gasteiger partial charge in [0.2, 0.25) is 5.91 Å². The fraction of sp³-hybridized carbons (Fsp3) is 0.389. The van der Waals surface area contributed by atoms with E-state index in [1.807, 2.05) is 6.92 Å². The van der Waals surface area contributed by atoms with Crippen molar-refractivity contribution in [2.75, 3.05) is 13.7 Å². The molecule has 1 fully saturated rings. The monoisotopic (exact) mass is 343 g/mol. The number of nitrogens with zero attached hydrogens (tertiary/aromatic N) is 2. The highest BCUT2D eigenvalue weighted by Crippen LogP contribution is 2.22. The average molecular weight is 343 g/mol. The molecule has 0 radical (unpaired) electrons. The standard InChI is InChI=1S/C18H21N3O4/c1-12-16(25-11-20-12)10-19-17(22)15-4-3-9-21(15)18(23)13-5-7-14(24-2)8-6-13/h5-8,11,15H,3-4,9-10H2,1-2H3,(H,19,22). The van der Waals surface area contributed by atoms with Gasteiger partial charge in [0.15, 0.2) is 6.39 Å². The van der Waals surface area contributed by atoms with E-state index in [2.05, 4.69) is 10.3 Å². The van der Waals surface area contributed by atoms with Gasteiger partial charge < -0.3 is 19.4 Å². The number of carbonyl (C=O) groups excluding carboxylic acids is 2. The van der Waals surface area contributed by atoms with Gasteiger partial charge in [0, 0.05) is 12.1 Å². The van der Waals surface area contributed by atoms with Crippen LogP contribution < -0.4 is 10.1 Å². The molecule has 0 aliphatic carbocycles. The molecule has 1 aromatic heterocycles. The smallest absolute Gasteiger partial charge is 0.254 e. The summed E-state index contributed by atoms with van der Waals surface area (Å²) in [5.74, 6) is 1.00. The summed E-state index contributed by atoms with van der Waals surface area (Å²) >= 11 is 0. The summed E-state index contributed by atoms with van der Waals surface area (Å²) in [6, 6.07) is 6.45. The van der Waals surface area contributed by atoms with Crippen molar-refractivity contribution in [3.05, 3.63) is 47.7 Å². The summed E-state index contributed by atoms with van der Waals surface area (Å²) in [5, 5.41) is 2.84. The zero-order valence-corrected chi connectivity index (χ0v) is 14.3.